The van der Waals surface area contributed by atoms with E-state index in [2.05, 4.69) is 41.2 Å². The maximum atomic E-state index is 4.58. The van der Waals surface area contributed by atoms with E-state index in [9.17, 15) is 0 Å². The summed E-state index contributed by atoms with van der Waals surface area (Å²) in [6.07, 6.45) is 7.28. The van der Waals surface area contributed by atoms with E-state index < -0.39 is 0 Å². The van der Waals surface area contributed by atoms with Crippen molar-refractivity contribution in [2.75, 3.05) is 23.3 Å². The van der Waals surface area contributed by atoms with Gasteiger partial charge >= 0.3 is 0 Å². The van der Waals surface area contributed by atoms with Crippen LogP contribution in [0.25, 0.3) is 0 Å². The van der Waals surface area contributed by atoms with Gasteiger partial charge in [0, 0.05) is 19.1 Å². The quantitative estimate of drug-likeness (QED) is 0.882. The molecule has 1 saturated heterocycles. The summed E-state index contributed by atoms with van der Waals surface area (Å²) in [6, 6.07) is 4.86. The van der Waals surface area contributed by atoms with Gasteiger partial charge in [0.05, 0.1) is 11.9 Å². The van der Waals surface area contributed by atoms with Crippen molar-refractivity contribution < 1.29 is 0 Å². The first kappa shape index (κ1) is 11.8. The lowest BCUT2D eigenvalue weighted by Crippen LogP contribution is -2.25. The summed E-state index contributed by atoms with van der Waals surface area (Å²) in [5, 5.41) is 3.58. The number of anilines is 2. The van der Waals surface area contributed by atoms with Crippen molar-refractivity contribution in [2.24, 2.45) is 5.41 Å². The molecule has 1 aliphatic carbocycles. The minimum atomic E-state index is 0.508. The molecule has 0 radical (unpaired) electrons. The van der Waals surface area contributed by atoms with Crippen LogP contribution in [-0.4, -0.2) is 24.1 Å². The van der Waals surface area contributed by atoms with Gasteiger partial charge in [0.15, 0.2) is 0 Å². The zero-order valence-corrected chi connectivity index (χ0v) is 11.4. The molecule has 2 aliphatic rings. The first-order valence-corrected chi connectivity index (χ1v) is 7.15. The standard InChI is InChI=1S/C15H23N3/c1-12(15(2)7-8-15)17-13-5-6-14(16-11-13)18-9-3-4-10-18/h5-6,11-12,17H,3-4,7-10H2,1-2H3. The number of aromatic nitrogens is 1. The lowest BCUT2D eigenvalue weighted by Gasteiger charge is -2.22. The molecule has 1 aromatic rings. The number of pyridine rings is 1. The van der Waals surface area contributed by atoms with Gasteiger partial charge in [-0.1, -0.05) is 6.92 Å². The van der Waals surface area contributed by atoms with Gasteiger partial charge in [0.2, 0.25) is 0 Å². The third-order valence-corrected chi connectivity index (χ3v) is 4.65. The molecule has 3 heteroatoms. The third-order valence-electron chi connectivity index (χ3n) is 4.65. The van der Waals surface area contributed by atoms with Crippen LogP contribution in [0, 0.1) is 5.41 Å². The molecule has 0 bridgehead atoms. The number of nitrogens with one attached hydrogen (secondary N) is 1. The zero-order chi connectivity index (χ0) is 12.6. The van der Waals surface area contributed by atoms with Crippen LogP contribution in [0.15, 0.2) is 18.3 Å². The molecule has 1 aliphatic heterocycles. The number of nitrogens with zero attached hydrogens (tertiary/aromatic N) is 2. The second-order valence-electron chi connectivity index (χ2n) is 6.12. The largest absolute Gasteiger partial charge is 0.381 e. The van der Waals surface area contributed by atoms with E-state index in [1.54, 1.807) is 0 Å². The van der Waals surface area contributed by atoms with E-state index in [4.69, 9.17) is 0 Å². The molecule has 1 atom stereocenters. The van der Waals surface area contributed by atoms with E-state index in [0.717, 1.165) is 24.6 Å². The molecule has 3 nitrogen and oxygen atoms in total. The highest BCUT2D eigenvalue weighted by atomic mass is 15.2. The third kappa shape index (κ3) is 2.31. The van der Waals surface area contributed by atoms with E-state index >= 15 is 0 Å². The van der Waals surface area contributed by atoms with Gasteiger partial charge in [-0.15, -0.1) is 0 Å². The molecular weight excluding hydrogens is 222 g/mol. The summed E-state index contributed by atoms with van der Waals surface area (Å²) >= 11 is 0. The Morgan fingerprint density at radius 3 is 2.56 bits per heavy atom. The predicted octanol–water partition coefficient (Wildman–Crippen LogP) is 3.28. The fraction of sp³-hybridized carbons (Fsp3) is 0.667. The molecule has 0 spiro atoms. The van der Waals surface area contributed by atoms with E-state index in [-0.39, 0.29) is 0 Å². The maximum Gasteiger partial charge on any atom is 0.128 e. The Morgan fingerprint density at radius 1 is 1.28 bits per heavy atom. The molecule has 2 fully saturated rings. The van der Waals surface area contributed by atoms with Crippen LogP contribution in [0.3, 0.4) is 0 Å². The normalized spacial score (nSPS) is 22.9. The summed E-state index contributed by atoms with van der Waals surface area (Å²) in [4.78, 5) is 6.95. The van der Waals surface area contributed by atoms with Crippen LogP contribution >= 0.6 is 0 Å². The molecule has 18 heavy (non-hydrogen) atoms. The number of rotatable bonds is 4. The summed E-state index contributed by atoms with van der Waals surface area (Å²) in [7, 11) is 0. The Balaban J connectivity index is 1.63. The smallest absolute Gasteiger partial charge is 0.128 e. The fourth-order valence-electron chi connectivity index (χ4n) is 2.66. The van der Waals surface area contributed by atoms with E-state index in [1.165, 1.54) is 25.7 Å². The van der Waals surface area contributed by atoms with Crippen molar-refractivity contribution in [1.82, 2.24) is 4.98 Å². The van der Waals surface area contributed by atoms with E-state index in [0.29, 0.717) is 11.5 Å². The van der Waals surface area contributed by atoms with Crippen LogP contribution in [-0.2, 0) is 0 Å². The molecule has 0 amide bonds. The van der Waals surface area contributed by atoms with E-state index in [1.807, 2.05) is 6.20 Å². The summed E-state index contributed by atoms with van der Waals surface area (Å²) in [5.41, 5.74) is 1.66. The van der Waals surface area contributed by atoms with Gasteiger partial charge in [-0.05, 0) is 50.2 Å². The molecule has 98 valence electrons. The van der Waals surface area contributed by atoms with Crippen LogP contribution in [0.2, 0.25) is 0 Å². The maximum absolute atomic E-state index is 4.58. The van der Waals surface area contributed by atoms with Gasteiger partial charge in [-0.3, -0.25) is 0 Å². The fourth-order valence-corrected chi connectivity index (χ4v) is 2.66. The second kappa shape index (κ2) is 4.45. The van der Waals surface area contributed by atoms with Crippen LogP contribution in [0.4, 0.5) is 11.5 Å². The Hall–Kier alpha value is -1.25. The van der Waals surface area contributed by atoms with Gasteiger partial charge < -0.3 is 10.2 Å². The van der Waals surface area contributed by atoms with Crippen molar-refractivity contribution in [1.29, 1.82) is 0 Å². The summed E-state index contributed by atoms with van der Waals surface area (Å²) in [5.74, 6) is 1.13. The van der Waals surface area contributed by atoms with Crippen molar-refractivity contribution in [3.05, 3.63) is 18.3 Å². The minimum Gasteiger partial charge on any atom is -0.381 e. The molecule has 1 unspecified atom stereocenters. The molecule has 1 saturated carbocycles. The van der Waals surface area contributed by atoms with Gasteiger partial charge in [-0.2, -0.15) is 0 Å². The molecule has 1 aromatic heterocycles. The Bertz CT molecular complexity index is 402. The first-order chi connectivity index (χ1) is 8.67. The highest BCUT2D eigenvalue weighted by Gasteiger charge is 2.42. The van der Waals surface area contributed by atoms with Crippen molar-refractivity contribution in [3.63, 3.8) is 0 Å². The van der Waals surface area contributed by atoms with Crippen molar-refractivity contribution in [2.45, 2.75) is 45.6 Å². The average molecular weight is 245 g/mol. The Kier molecular flexibility index (Phi) is 2.92. The van der Waals surface area contributed by atoms with Crippen molar-refractivity contribution in [3.8, 4) is 0 Å². The predicted molar refractivity (Wildman–Crippen MR) is 76.1 cm³/mol. The van der Waals surface area contributed by atoms with Crippen molar-refractivity contribution >= 4 is 11.5 Å². The summed E-state index contributed by atoms with van der Waals surface area (Å²) < 4.78 is 0. The van der Waals surface area contributed by atoms with Crippen LogP contribution in [0.1, 0.15) is 39.5 Å². The molecule has 1 N–H and O–H groups in total. The zero-order valence-electron chi connectivity index (χ0n) is 11.4. The first-order valence-electron chi connectivity index (χ1n) is 7.15. The average Bonchev–Trinajstić information content (AvgIpc) is 2.94. The Morgan fingerprint density at radius 2 is 2.00 bits per heavy atom. The molecule has 3 rings (SSSR count). The van der Waals surface area contributed by atoms with Crippen LogP contribution < -0.4 is 10.2 Å². The van der Waals surface area contributed by atoms with Gasteiger partial charge in [0.1, 0.15) is 5.82 Å². The Labute approximate surface area is 110 Å². The molecule has 0 aromatic carbocycles. The van der Waals surface area contributed by atoms with Gasteiger partial charge in [-0.25, -0.2) is 4.98 Å². The molecule has 2 heterocycles. The number of hydrogen-bond donors (Lipinski definition) is 1. The number of hydrogen-bond acceptors (Lipinski definition) is 3. The SMILES string of the molecule is CC(Nc1ccc(N2CCCC2)nc1)C1(C)CC1. The van der Waals surface area contributed by atoms with Gasteiger partial charge in [0.25, 0.3) is 0 Å². The molecular formula is C15H23N3. The van der Waals surface area contributed by atoms with Crippen LogP contribution in [0.5, 0.6) is 0 Å². The second-order valence-corrected chi connectivity index (χ2v) is 6.12. The highest BCUT2D eigenvalue weighted by molar-refractivity contribution is 5.49. The monoisotopic (exact) mass is 245 g/mol. The lowest BCUT2D eigenvalue weighted by molar-refractivity contribution is 0.493. The topological polar surface area (TPSA) is 28.2 Å². The minimum absolute atomic E-state index is 0.508. The lowest BCUT2D eigenvalue weighted by atomic mass is 10.0. The highest BCUT2D eigenvalue weighted by Crippen LogP contribution is 2.48. The summed E-state index contributed by atoms with van der Waals surface area (Å²) in [6.45, 7) is 6.96.